The van der Waals surface area contributed by atoms with Gasteiger partial charge in [0.15, 0.2) is 6.10 Å². The van der Waals surface area contributed by atoms with E-state index in [0.717, 1.165) is 16.9 Å². The van der Waals surface area contributed by atoms with E-state index in [9.17, 15) is 4.79 Å². The van der Waals surface area contributed by atoms with Crippen LogP contribution in [0, 0.1) is 6.92 Å². The van der Waals surface area contributed by atoms with Gasteiger partial charge >= 0.3 is 0 Å². The Morgan fingerprint density at radius 3 is 2.46 bits per heavy atom. The third-order valence-electron chi connectivity index (χ3n) is 3.65. The summed E-state index contributed by atoms with van der Waals surface area (Å²) in [5.74, 6) is 0.749. The number of rotatable bonds is 5. The topological polar surface area (TPSA) is 38.3 Å². The second-order valence-corrected chi connectivity index (χ2v) is 6.91. The SMILES string of the molecule is Cc1ccc(C(C)C)c(O[C@@H](C)C(=O)Nc2cc(Cl)ccc2Cl)c1. The van der Waals surface area contributed by atoms with Crippen molar-refractivity contribution < 1.29 is 9.53 Å². The fourth-order valence-electron chi connectivity index (χ4n) is 2.29. The van der Waals surface area contributed by atoms with Crippen LogP contribution in [0.15, 0.2) is 36.4 Å². The number of nitrogens with one attached hydrogen (secondary N) is 1. The van der Waals surface area contributed by atoms with Gasteiger partial charge < -0.3 is 10.1 Å². The van der Waals surface area contributed by atoms with Crippen LogP contribution in [0.2, 0.25) is 10.0 Å². The second kappa shape index (κ2) is 7.91. The molecule has 0 heterocycles. The van der Waals surface area contributed by atoms with E-state index in [4.69, 9.17) is 27.9 Å². The van der Waals surface area contributed by atoms with Gasteiger partial charge in [0.1, 0.15) is 5.75 Å². The standard InChI is InChI=1S/C19H21Cl2NO2/c1-11(2)15-7-5-12(3)9-18(15)24-13(4)19(23)22-17-10-14(20)6-8-16(17)21/h5-11,13H,1-4H3,(H,22,23)/t13-/m0/s1. The summed E-state index contributed by atoms with van der Waals surface area (Å²) >= 11 is 12.0. The Hall–Kier alpha value is -1.71. The molecule has 0 radical (unpaired) electrons. The average molecular weight is 366 g/mol. The zero-order valence-corrected chi connectivity index (χ0v) is 15.7. The van der Waals surface area contributed by atoms with E-state index in [1.54, 1.807) is 25.1 Å². The zero-order valence-electron chi connectivity index (χ0n) is 14.2. The zero-order chi connectivity index (χ0) is 17.9. The van der Waals surface area contributed by atoms with Crippen molar-refractivity contribution in [1.29, 1.82) is 0 Å². The van der Waals surface area contributed by atoms with Crippen LogP contribution in [0.25, 0.3) is 0 Å². The summed E-state index contributed by atoms with van der Waals surface area (Å²) in [5.41, 5.74) is 2.62. The fraction of sp³-hybridized carbons (Fsp3) is 0.316. The fourth-order valence-corrected chi connectivity index (χ4v) is 2.63. The van der Waals surface area contributed by atoms with E-state index in [1.807, 2.05) is 25.1 Å². The Bertz CT molecular complexity index is 744. The highest BCUT2D eigenvalue weighted by Crippen LogP contribution is 2.29. The van der Waals surface area contributed by atoms with Crippen LogP contribution in [0.1, 0.15) is 37.8 Å². The predicted octanol–water partition coefficient (Wildman–Crippen LogP) is 5.83. The molecule has 3 nitrogen and oxygen atoms in total. The monoisotopic (exact) mass is 365 g/mol. The van der Waals surface area contributed by atoms with E-state index in [1.165, 1.54) is 0 Å². The summed E-state index contributed by atoms with van der Waals surface area (Å²) in [5, 5.41) is 3.69. The second-order valence-electron chi connectivity index (χ2n) is 6.07. The molecule has 0 unspecified atom stereocenters. The molecule has 0 aliphatic carbocycles. The highest BCUT2D eigenvalue weighted by atomic mass is 35.5. The molecule has 0 spiro atoms. The van der Waals surface area contributed by atoms with Crippen molar-refractivity contribution in [3.05, 3.63) is 57.6 Å². The third kappa shape index (κ3) is 4.65. The number of hydrogen-bond donors (Lipinski definition) is 1. The molecule has 0 aliphatic heterocycles. The van der Waals surface area contributed by atoms with Crippen molar-refractivity contribution in [2.75, 3.05) is 5.32 Å². The molecule has 5 heteroatoms. The number of hydrogen-bond acceptors (Lipinski definition) is 2. The number of benzene rings is 2. The molecule has 0 saturated heterocycles. The Morgan fingerprint density at radius 1 is 1.08 bits per heavy atom. The van der Waals surface area contributed by atoms with Crippen LogP contribution >= 0.6 is 23.2 Å². The first-order valence-corrected chi connectivity index (χ1v) is 8.56. The lowest BCUT2D eigenvalue weighted by Crippen LogP contribution is -2.30. The molecular formula is C19H21Cl2NO2. The van der Waals surface area contributed by atoms with Gasteiger partial charge in [0.2, 0.25) is 0 Å². The number of aryl methyl sites for hydroxylation is 1. The van der Waals surface area contributed by atoms with Crippen molar-refractivity contribution in [1.82, 2.24) is 0 Å². The van der Waals surface area contributed by atoms with Crippen LogP contribution in [0.3, 0.4) is 0 Å². The molecule has 0 aromatic heterocycles. The highest BCUT2D eigenvalue weighted by molar-refractivity contribution is 6.35. The maximum Gasteiger partial charge on any atom is 0.265 e. The van der Waals surface area contributed by atoms with Crippen molar-refractivity contribution >= 4 is 34.8 Å². The van der Waals surface area contributed by atoms with E-state index >= 15 is 0 Å². The summed E-state index contributed by atoms with van der Waals surface area (Å²) in [6.07, 6.45) is -0.667. The van der Waals surface area contributed by atoms with Gasteiger partial charge in [-0.25, -0.2) is 0 Å². The molecule has 2 aromatic carbocycles. The minimum absolute atomic E-state index is 0.282. The molecule has 128 valence electrons. The van der Waals surface area contributed by atoms with Crippen molar-refractivity contribution in [2.45, 2.75) is 39.7 Å². The maximum atomic E-state index is 12.4. The first-order valence-electron chi connectivity index (χ1n) is 7.81. The molecular weight excluding hydrogens is 345 g/mol. The number of anilines is 1. The highest BCUT2D eigenvalue weighted by Gasteiger charge is 2.18. The van der Waals surface area contributed by atoms with Gasteiger partial charge in [0.05, 0.1) is 10.7 Å². The van der Waals surface area contributed by atoms with Crippen molar-refractivity contribution in [3.63, 3.8) is 0 Å². The molecule has 1 N–H and O–H groups in total. The molecule has 24 heavy (non-hydrogen) atoms. The molecule has 0 aliphatic rings. The van der Waals surface area contributed by atoms with Gasteiger partial charge in [0.25, 0.3) is 5.91 Å². The first-order chi connectivity index (χ1) is 11.3. The molecule has 0 saturated carbocycles. The first kappa shape index (κ1) is 18.6. The number of ether oxygens (including phenoxy) is 1. The maximum absolute atomic E-state index is 12.4. The normalized spacial score (nSPS) is 12.1. The number of halogens is 2. The summed E-state index contributed by atoms with van der Waals surface area (Å²) in [6, 6.07) is 10.9. The van der Waals surface area contributed by atoms with Gasteiger partial charge in [-0.1, -0.05) is 49.2 Å². The summed E-state index contributed by atoms with van der Waals surface area (Å²) in [7, 11) is 0. The third-order valence-corrected chi connectivity index (χ3v) is 4.22. The van der Waals surface area contributed by atoms with Gasteiger partial charge in [0, 0.05) is 5.02 Å². The lowest BCUT2D eigenvalue weighted by molar-refractivity contribution is -0.122. The average Bonchev–Trinajstić information content (AvgIpc) is 2.50. The summed E-state index contributed by atoms with van der Waals surface area (Å²) < 4.78 is 5.90. The molecule has 1 atom stereocenters. The smallest absolute Gasteiger partial charge is 0.265 e. The Labute approximate surface area is 152 Å². The lowest BCUT2D eigenvalue weighted by Gasteiger charge is -2.19. The molecule has 0 bridgehead atoms. The number of amides is 1. The Kier molecular flexibility index (Phi) is 6.14. The summed E-state index contributed by atoms with van der Waals surface area (Å²) in [4.78, 5) is 12.4. The van der Waals surface area contributed by atoms with Crippen LogP contribution < -0.4 is 10.1 Å². The predicted molar refractivity (Wildman–Crippen MR) is 100 cm³/mol. The lowest BCUT2D eigenvalue weighted by atomic mass is 10.0. The summed E-state index contributed by atoms with van der Waals surface area (Å²) in [6.45, 7) is 7.88. The van der Waals surface area contributed by atoms with E-state index in [0.29, 0.717) is 21.7 Å². The van der Waals surface area contributed by atoms with Gasteiger partial charge in [-0.3, -0.25) is 4.79 Å². The molecule has 2 rings (SSSR count). The minimum Gasteiger partial charge on any atom is -0.481 e. The van der Waals surface area contributed by atoms with Crippen molar-refractivity contribution in [2.24, 2.45) is 0 Å². The van der Waals surface area contributed by atoms with Crippen LogP contribution in [-0.2, 0) is 4.79 Å². The molecule has 1 amide bonds. The quantitative estimate of drug-likeness (QED) is 0.723. The van der Waals surface area contributed by atoms with Crippen LogP contribution in [0.5, 0.6) is 5.75 Å². The molecule has 2 aromatic rings. The number of carbonyl (C=O) groups excluding carboxylic acids is 1. The largest absolute Gasteiger partial charge is 0.481 e. The van der Waals surface area contributed by atoms with Crippen LogP contribution in [0.4, 0.5) is 5.69 Å². The van der Waals surface area contributed by atoms with E-state index in [2.05, 4.69) is 19.2 Å². The van der Waals surface area contributed by atoms with Gasteiger partial charge in [-0.15, -0.1) is 0 Å². The minimum atomic E-state index is -0.667. The van der Waals surface area contributed by atoms with Crippen molar-refractivity contribution in [3.8, 4) is 5.75 Å². The van der Waals surface area contributed by atoms with E-state index in [-0.39, 0.29) is 5.91 Å². The Balaban J connectivity index is 2.15. The van der Waals surface area contributed by atoms with Crippen LogP contribution in [-0.4, -0.2) is 12.0 Å². The van der Waals surface area contributed by atoms with Gasteiger partial charge in [-0.2, -0.15) is 0 Å². The number of carbonyl (C=O) groups is 1. The van der Waals surface area contributed by atoms with E-state index < -0.39 is 6.10 Å². The Morgan fingerprint density at radius 2 is 1.79 bits per heavy atom. The molecule has 0 fully saturated rings. The van der Waals surface area contributed by atoms with Gasteiger partial charge in [-0.05, 0) is 55.2 Å².